The molecule has 0 aliphatic heterocycles. The van der Waals surface area contributed by atoms with Gasteiger partial charge in [-0.05, 0) is 29.6 Å². The van der Waals surface area contributed by atoms with Crippen molar-refractivity contribution in [2.24, 2.45) is 5.10 Å². The van der Waals surface area contributed by atoms with Crippen LogP contribution in [0.15, 0.2) is 51.4 Å². The van der Waals surface area contributed by atoms with E-state index in [0.717, 1.165) is 11.3 Å². The standard InChI is InChI=1S/C15H10BrF3N2O2S/c16-10-4-1-3-9(7-10)14(23)21-20-11(8-15(17,18)19)13(22)12-5-2-6-24-12/h1-7H,8H2,(H,21,23). The Morgan fingerprint density at radius 3 is 2.54 bits per heavy atom. The zero-order valence-corrected chi connectivity index (χ0v) is 14.3. The average Bonchev–Trinajstić information content (AvgIpc) is 3.03. The lowest BCUT2D eigenvalue weighted by Crippen LogP contribution is -2.27. The van der Waals surface area contributed by atoms with Gasteiger partial charge in [0.05, 0.1) is 11.3 Å². The minimum absolute atomic E-state index is 0.120. The molecular formula is C15H10BrF3N2O2S. The molecule has 24 heavy (non-hydrogen) atoms. The minimum atomic E-state index is -4.62. The molecule has 1 heterocycles. The van der Waals surface area contributed by atoms with Crippen LogP contribution in [0.3, 0.4) is 0 Å². The number of alkyl halides is 3. The molecule has 1 amide bonds. The molecule has 0 aliphatic carbocycles. The van der Waals surface area contributed by atoms with Crippen molar-refractivity contribution in [1.29, 1.82) is 0 Å². The van der Waals surface area contributed by atoms with E-state index in [4.69, 9.17) is 0 Å². The first-order valence-electron chi connectivity index (χ1n) is 6.54. The number of carbonyl (C=O) groups excluding carboxylic acids is 2. The molecule has 0 fully saturated rings. The van der Waals surface area contributed by atoms with E-state index in [2.05, 4.69) is 21.0 Å². The highest BCUT2D eigenvalue weighted by molar-refractivity contribution is 9.10. The van der Waals surface area contributed by atoms with Crippen molar-refractivity contribution in [3.05, 3.63) is 56.7 Å². The van der Waals surface area contributed by atoms with Gasteiger partial charge in [0.2, 0.25) is 5.78 Å². The largest absolute Gasteiger partial charge is 0.394 e. The maximum Gasteiger partial charge on any atom is 0.394 e. The number of Topliss-reactive ketones (excluding diaryl/α,β-unsaturated/α-hetero) is 1. The third kappa shape index (κ3) is 5.27. The number of carbonyl (C=O) groups is 2. The van der Waals surface area contributed by atoms with Crippen molar-refractivity contribution in [3.8, 4) is 0 Å². The molecule has 4 nitrogen and oxygen atoms in total. The molecule has 0 radical (unpaired) electrons. The molecule has 0 saturated heterocycles. The van der Waals surface area contributed by atoms with Gasteiger partial charge in [-0.15, -0.1) is 11.3 Å². The van der Waals surface area contributed by atoms with Gasteiger partial charge in [0, 0.05) is 10.0 Å². The maximum absolute atomic E-state index is 12.7. The van der Waals surface area contributed by atoms with Crippen LogP contribution in [0.5, 0.6) is 0 Å². The highest BCUT2D eigenvalue weighted by Crippen LogP contribution is 2.22. The summed E-state index contributed by atoms with van der Waals surface area (Å²) in [5.41, 5.74) is 1.43. The monoisotopic (exact) mass is 418 g/mol. The number of ketones is 1. The highest BCUT2D eigenvalue weighted by atomic mass is 79.9. The van der Waals surface area contributed by atoms with E-state index in [9.17, 15) is 22.8 Å². The molecule has 0 bridgehead atoms. The van der Waals surface area contributed by atoms with Gasteiger partial charge in [-0.3, -0.25) is 9.59 Å². The second kappa shape index (κ2) is 7.71. The minimum Gasteiger partial charge on any atom is -0.286 e. The van der Waals surface area contributed by atoms with Crippen LogP contribution < -0.4 is 5.43 Å². The van der Waals surface area contributed by atoms with Crippen LogP contribution in [-0.4, -0.2) is 23.6 Å². The Kier molecular flexibility index (Phi) is 5.89. The molecule has 1 aromatic carbocycles. The molecule has 1 N–H and O–H groups in total. The fourth-order valence-electron chi connectivity index (χ4n) is 1.72. The van der Waals surface area contributed by atoms with Crippen LogP contribution in [-0.2, 0) is 0 Å². The summed E-state index contributed by atoms with van der Waals surface area (Å²) >= 11 is 4.18. The van der Waals surface area contributed by atoms with Gasteiger partial charge in [0.15, 0.2) is 0 Å². The fourth-order valence-corrected chi connectivity index (χ4v) is 2.81. The zero-order valence-electron chi connectivity index (χ0n) is 11.9. The number of nitrogens with one attached hydrogen (secondary N) is 1. The van der Waals surface area contributed by atoms with Crippen LogP contribution in [0.25, 0.3) is 0 Å². The lowest BCUT2D eigenvalue weighted by Gasteiger charge is -2.08. The summed E-state index contributed by atoms with van der Waals surface area (Å²) in [7, 11) is 0. The predicted octanol–water partition coefficient (Wildman–Crippen LogP) is 4.43. The van der Waals surface area contributed by atoms with Crippen molar-refractivity contribution in [2.45, 2.75) is 12.6 Å². The van der Waals surface area contributed by atoms with Gasteiger partial charge in [-0.25, -0.2) is 5.43 Å². The second-order valence-corrected chi connectivity index (χ2v) is 6.47. The first kappa shape index (κ1) is 18.3. The SMILES string of the molecule is O=C(NN=C(CC(F)(F)F)C(=O)c1cccs1)c1cccc(Br)c1. The molecule has 0 saturated carbocycles. The van der Waals surface area contributed by atoms with Gasteiger partial charge in [-0.1, -0.05) is 28.1 Å². The zero-order chi connectivity index (χ0) is 17.7. The van der Waals surface area contributed by atoms with Gasteiger partial charge < -0.3 is 0 Å². The highest BCUT2D eigenvalue weighted by Gasteiger charge is 2.33. The Morgan fingerprint density at radius 2 is 1.96 bits per heavy atom. The molecule has 0 atom stereocenters. The van der Waals surface area contributed by atoms with E-state index < -0.39 is 30.0 Å². The normalized spacial score (nSPS) is 12.1. The Bertz CT molecular complexity index is 773. The van der Waals surface area contributed by atoms with Gasteiger partial charge in [-0.2, -0.15) is 18.3 Å². The number of hydrogen-bond donors (Lipinski definition) is 1. The molecule has 0 spiro atoms. The summed E-state index contributed by atoms with van der Waals surface area (Å²) in [5, 5.41) is 4.98. The van der Waals surface area contributed by atoms with E-state index in [1.807, 2.05) is 5.43 Å². The molecule has 2 rings (SSSR count). The Balaban J connectivity index is 2.21. The first-order chi connectivity index (χ1) is 11.3. The molecule has 126 valence electrons. The lowest BCUT2D eigenvalue weighted by atomic mass is 10.1. The quantitative estimate of drug-likeness (QED) is 0.443. The topological polar surface area (TPSA) is 58.5 Å². The predicted molar refractivity (Wildman–Crippen MR) is 88.4 cm³/mol. The molecule has 1 aromatic heterocycles. The summed E-state index contributed by atoms with van der Waals surface area (Å²) in [4.78, 5) is 24.2. The van der Waals surface area contributed by atoms with Crippen LogP contribution >= 0.6 is 27.3 Å². The first-order valence-corrected chi connectivity index (χ1v) is 8.21. The third-order valence-electron chi connectivity index (χ3n) is 2.75. The summed E-state index contributed by atoms with van der Waals surface area (Å²) in [6.45, 7) is 0. The summed E-state index contributed by atoms with van der Waals surface area (Å²) in [6.07, 6.45) is -6.14. The van der Waals surface area contributed by atoms with E-state index in [0.29, 0.717) is 4.47 Å². The Hall–Kier alpha value is -2.00. The average molecular weight is 419 g/mol. The number of benzene rings is 1. The van der Waals surface area contributed by atoms with E-state index in [1.54, 1.807) is 23.6 Å². The number of nitrogens with zero attached hydrogens (tertiary/aromatic N) is 1. The molecule has 0 aliphatic rings. The number of halogens is 4. The van der Waals surface area contributed by atoms with Crippen molar-refractivity contribution < 1.29 is 22.8 Å². The van der Waals surface area contributed by atoms with Crippen molar-refractivity contribution in [3.63, 3.8) is 0 Å². The molecule has 0 unspecified atom stereocenters. The van der Waals surface area contributed by atoms with E-state index >= 15 is 0 Å². The number of amides is 1. The Morgan fingerprint density at radius 1 is 1.21 bits per heavy atom. The summed E-state index contributed by atoms with van der Waals surface area (Å²) in [6, 6.07) is 9.18. The van der Waals surface area contributed by atoms with Crippen molar-refractivity contribution in [1.82, 2.24) is 5.43 Å². The molecular weight excluding hydrogens is 409 g/mol. The lowest BCUT2D eigenvalue weighted by molar-refractivity contribution is -0.121. The van der Waals surface area contributed by atoms with Crippen molar-refractivity contribution in [2.75, 3.05) is 0 Å². The Labute approximate surface area is 147 Å². The number of thiophene rings is 1. The maximum atomic E-state index is 12.7. The summed E-state index contributed by atoms with van der Waals surface area (Å²) < 4.78 is 38.6. The van der Waals surface area contributed by atoms with Crippen LogP contribution in [0.1, 0.15) is 26.5 Å². The van der Waals surface area contributed by atoms with Gasteiger partial charge >= 0.3 is 6.18 Å². The smallest absolute Gasteiger partial charge is 0.286 e. The van der Waals surface area contributed by atoms with Gasteiger partial charge in [0.1, 0.15) is 5.71 Å². The van der Waals surface area contributed by atoms with Crippen molar-refractivity contribution >= 4 is 44.7 Å². The van der Waals surface area contributed by atoms with Gasteiger partial charge in [0.25, 0.3) is 5.91 Å². The van der Waals surface area contributed by atoms with E-state index in [-0.39, 0.29) is 10.4 Å². The number of hydrazone groups is 1. The summed E-state index contributed by atoms with van der Waals surface area (Å²) in [5.74, 6) is -1.58. The van der Waals surface area contributed by atoms with E-state index in [1.165, 1.54) is 18.2 Å². The van der Waals surface area contributed by atoms with Crippen LogP contribution in [0.2, 0.25) is 0 Å². The van der Waals surface area contributed by atoms with Crippen LogP contribution in [0, 0.1) is 0 Å². The fraction of sp³-hybridized carbons (Fsp3) is 0.133. The van der Waals surface area contributed by atoms with Crippen LogP contribution in [0.4, 0.5) is 13.2 Å². The number of rotatable bonds is 5. The number of hydrogen-bond acceptors (Lipinski definition) is 4. The second-order valence-electron chi connectivity index (χ2n) is 4.61. The third-order valence-corrected chi connectivity index (χ3v) is 4.12. The molecule has 2 aromatic rings. The molecule has 9 heteroatoms.